The van der Waals surface area contributed by atoms with Crippen LogP contribution >= 0.6 is 0 Å². The Morgan fingerprint density at radius 2 is 0.674 bits per heavy atom. The Morgan fingerprint density at radius 3 is 0.913 bits per heavy atom. The first kappa shape index (κ1) is 39.4. The third kappa shape index (κ3) is 6.63. The van der Waals surface area contributed by atoms with Gasteiger partial charge in [-0.15, -0.1) is 0 Å². The maximum atomic E-state index is 15.3. The average molecular weight is 681 g/mol. The van der Waals surface area contributed by atoms with Gasteiger partial charge in [-0.3, -0.25) is 0 Å². The van der Waals surface area contributed by atoms with Crippen molar-refractivity contribution in [2.75, 3.05) is 11.5 Å². The Morgan fingerprint density at radius 1 is 0.413 bits per heavy atom. The first-order valence-electron chi connectivity index (χ1n) is 15.1. The minimum absolute atomic E-state index is 0.0762. The van der Waals surface area contributed by atoms with Gasteiger partial charge in [-0.1, -0.05) is 53.4 Å². The second kappa shape index (κ2) is 14.1. The van der Waals surface area contributed by atoms with E-state index >= 15 is 52.7 Å². The van der Waals surface area contributed by atoms with Crippen molar-refractivity contribution in [1.82, 2.24) is 0 Å². The standard InChI is InChI=1S/C32H40F12N2/c1-5-9-13-21-17-23(15-19(11-7-3)25(21)45)27(33,34)29(37,38)31(41,42)32(43,44)30(39,40)28(35,36)24-16-20(12-8-4)26(46)22(18-24)14-10-6-2/h15-18H,5-14,45-46H2,1-4H3. The Balaban J connectivity index is 2.74. The molecule has 0 aliphatic heterocycles. The van der Waals surface area contributed by atoms with E-state index in [9.17, 15) is 0 Å². The monoisotopic (exact) mass is 680 g/mol. The molecule has 0 spiro atoms. The van der Waals surface area contributed by atoms with Gasteiger partial charge in [0.1, 0.15) is 0 Å². The highest BCUT2D eigenvalue weighted by Gasteiger charge is 2.90. The number of hydrogen-bond donors (Lipinski definition) is 2. The molecule has 0 saturated heterocycles. The number of unbranched alkanes of at least 4 members (excludes halogenated alkanes) is 2. The summed E-state index contributed by atoms with van der Waals surface area (Å²) in [5.41, 5.74) is 7.16. The molecular weight excluding hydrogens is 640 g/mol. The Kier molecular flexibility index (Phi) is 12.1. The predicted octanol–water partition coefficient (Wildman–Crippen LogP) is 10.9. The van der Waals surface area contributed by atoms with E-state index in [1.807, 2.05) is 0 Å². The molecule has 0 heterocycles. The zero-order valence-corrected chi connectivity index (χ0v) is 26.1. The molecule has 46 heavy (non-hydrogen) atoms. The summed E-state index contributed by atoms with van der Waals surface area (Å²) in [5.74, 6) is -42.4. The van der Waals surface area contributed by atoms with Gasteiger partial charge in [-0.05, 0) is 85.0 Å². The van der Waals surface area contributed by atoms with Crippen molar-refractivity contribution in [3.05, 3.63) is 57.6 Å². The summed E-state index contributed by atoms with van der Waals surface area (Å²) in [7, 11) is 0. The van der Waals surface area contributed by atoms with Crippen LogP contribution in [0.25, 0.3) is 0 Å². The molecule has 0 aliphatic carbocycles. The molecule has 14 heteroatoms. The molecule has 0 aliphatic rings. The molecule has 0 saturated carbocycles. The molecule has 262 valence electrons. The topological polar surface area (TPSA) is 52.0 Å². The van der Waals surface area contributed by atoms with E-state index in [0.717, 1.165) is 0 Å². The number of rotatable bonds is 17. The van der Waals surface area contributed by atoms with Crippen LogP contribution in [0.1, 0.15) is 99.6 Å². The number of anilines is 2. The summed E-state index contributed by atoms with van der Waals surface area (Å²) < 4.78 is 182. The van der Waals surface area contributed by atoms with E-state index in [1.165, 1.54) is 0 Å². The molecule has 0 unspecified atom stereocenters. The van der Waals surface area contributed by atoms with E-state index in [0.29, 0.717) is 49.9 Å². The maximum absolute atomic E-state index is 15.3. The van der Waals surface area contributed by atoms with Crippen LogP contribution in [0.15, 0.2) is 24.3 Å². The summed E-state index contributed by atoms with van der Waals surface area (Å²) in [6.45, 7) is 6.49. The molecular formula is C32H40F12N2. The lowest BCUT2D eigenvalue weighted by atomic mass is 9.84. The van der Waals surface area contributed by atoms with Crippen molar-refractivity contribution in [3.63, 3.8) is 0 Å². The van der Waals surface area contributed by atoms with Gasteiger partial charge in [-0.2, -0.15) is 52.7 Å². The van der Waals surface area contributed by atoms with Crippen molar-refractivity contribution in [2.24, 2.45) is 0 Å². The molecule has 0 aromatic heterocycles. The number of hydrogen-bond acceptors (Lipinski definition) is 2. The summed E-state index contributed by atoms with van der Waals surface area (Å²) in [5, 5.41) is 0. The molecule has 2 rings (SSSR count). The van der Waals surface area contributed by atoms with Crippen LogP contribution in [0.4, 0.5) is 64.1 Å². The van der Waals surface area contributed by atoms with Gasteiger partial charge in [0.05, 0.1) is 0 Å². The van der Waals surface area contributed by atoms with Gasteiger partial charge in [0.2, 0.25) is 0 Å². The summed E-state index contributed by atoms with van der Waals surface area (Å²) in [6.07, 6.45) is 1.64. The van der Waals surface area contributed by atoms with E-state index in [1.54, 1.807) is 27.7 Å². The molecule has 2 aromatic carbocycles. The van der Waals surface area contributed by atoms with E-state index in [-0.39, 0.29) is 72.2 Å². The lowest BCUT2D eigenvalue weighted by Crippen LogP contribution is -2.69. The predicted molar refractivity (Wildman–Crippen MR) is 154 cm³/mol. The molecule has 0 atom stereocenters. The van der Waals surface area contributed by atoms with Gasteiger partial charge in [0.15, 0.2) is 0 Å². The maximum Gasteiger partial charge on any atom is 0.385 e. The number of nitrogens with two attached hydrogens (primary N) is 2. The fraction of sp³-hybridized carbons (Fsp3) is 0.625. The fourth-order valence-corrected chi connectivity index (χ4v) is 5.17. The molecule has 0 amide bonds. The average Bonchev–Trinajstić information content (AvgIpc) is 2.97. The van der Waals surface area contributed by atoms with Gasteiger partial charge >= 0.3 is 35.5 Å². The summed E-state index contributed by atoms with van der Waals surface area (Å²) in [4.78, 5) is 0. The third-order valence-electron chi connectivity index (χ3n) is 8.04. The van der Waals surface area contributed by atoms with E-state index < -0.39 is 46.7 Å². The highest BCUT2D eigenvalue weighted by Crippen LogP contribution is 2.63. The first-order chi connectivity index (χ1) is 21.0. The van der Waals surface area contributed by atoms with Crippen LogP contribution in [0.3, 0.4) is 0 Å². The van der Waals surface area contributed by atoms with Gasteiger partial charge in [0, 0.05) is 22.5 Å². The molecule has 2 nitrogen and oxygen atoms in total. The lowest BCUT2D eigenvalue weighted by molar-refractivity contribution is -0.429. The zero-order valence-electron chi connectivity index (χ0n) is 26.1. The zero-order chi connectivity index (χ0) is 35.5. The van der Waals surface area contributed by atoms with Crippen LogP contribution in [-0.4, -0.2) is 23.7 Å². The summed E-state index contributed by atoms with van der Waals surface area (Å²) >= 11 is 0. The van der Waals surface area contributed by atoms with Gasteiger partial charge < -0.3 is 11.5 Å². The Labute approximate surface area is 260 Å². The van der Waals surface area contributed by atoms with E-state index in [2.05, 4.69) is 0 Å². The number of halogens is 12. The molecule has 0 radical (unpaired) electrons. The van der Waals surface area contributed by atoms with Gasteiger partial charge in [0.25, 0.3) is 0 Å². The Bertz CT molecular complexity index is 1240. The number of aryl methyl sites for hydroxylation is 4. The molecule has 4 N–H and O–H groups in total. The quantitative estimate of drug-likeness (QED) is 0.129. The SMILES string of the molecule is CCCCc1cc(C(F)(F)C(F)(F)C(F)(F)C(F)(F)C(F)(F)C(F)(F)c2cc(CCC)c(N)c(CCCC)c2)cc(CCC)c1N. The molecule has 0 fully saturated rings. The van der Waals surface area contributed by atoms with Crippen molar-refractivity contribution in [1.29, 1.82) is 0 Å². The Hall–Kier alpha value is -2.80. The highest BCUT2D eigenvalue weighted by molar-refractivity contribution is 5.58. The van der Waals surface area contributed by atoms with Crippen LogP contribution < -0.4 is 11.5 Å². The summed E-state index contributed by atoms with van der Waals surface area (Å²) in [6, 6.07) is 1.26. The third-order valence-corrected chi connectivity index (χ3v) is 8.04. The number of nitrogen functional groups attached to an aromatic ring is 2. The molecule has 2 aromatic rings. The smallest absolute Gasteiger partial charge is 0.385 e. The van der Waals surface area contributed by atoms with Crippen LogP contribution in [0, 0.1) is 0 Å². The fourth-order valence-electron chi connectivity index (χ4n) is 5.17. The normalized spacial score (nSPS) is 13.8. The minimum Gasteiger partial charge on any atom is -0.398 e. The van der Waals surface area contributed by atoms with Crippen molar-refractivity contribution < 1.29 is 52.7 Å². The van der Waals surface area contributed by atoms with Crippen molar-refractivity contribution in [3.8, 4) is 0 Å². The van der Waals surface area contributed by atoms with Crippen LogP contribution in [0.2, 0.25) is 0 Å². The largest absolute Gasteiger partial charge is 0.398 e. The second-order valence-corrected chi connectivity index (χ2v) is 11.6. The number of alkyl halides is 12. The van der Waals surface area contributed by atoms with Crippen molar-refractivity contribution >= 4 is 11.4 Å². The van der Waals surface area contributed by atoms with Crippen LogP contribution in [0.5, 0.6) is 0 Å². The molecule has 0 bridgehead atoms. The van der Waals surface area contributed by atoms with Gasteiger partial charge in [-0.25, -0.2) is 0 Å². The lowest BCUT2D eigenvalue weighted by Gasteiger charge is -2.41. The van der Waals surface area contributed by atoms with Crippen molar-refractivity contribution in [2.45, 2.75) is 127 Å². The first-order valence-corrected chi connectivity index (χ1v) is 15.1. The minimum atomic E-state index is -7.70. The second-order valence-electron chi connectivity index (χ2n) is 11.6. The number of benzene rings is 2. The van der Waals surface area contributed by atoms with E-state index in [4.69, 9.17) is 11.5 Å². The highest BCUT2D eigenvalue weighted by atomic mass is 19.4. The van der Waals surface area contributed by atoms with Crippen LogP contribution in [-0.2, 0) is 37.5 Å².